The van der Waals surface area contributed by atoms with Crippen LogP contribution in [0.3, 0.4) is 0 Å². The molecule has 0 unspecified atom stereocenters. The molecule has 0 bridgehead atoms. The summed E-state index contributed by atoms with van der Waals surface area (Å²) < 4.78 is 0. The Balaban J connectivity index is 1.79. The fourth-order valence-electron chi connectivity index (χ4n) is 3.22. The van der Waals surface area contributed by atoms with Crippen molar-refractivity contribution in [3.63, 3.8) is 0 Å². The fourth-order valence-corrected chi connectivity index (χ4v) is 3.22. The van der Waals surface area contributed by atoms with Crippen LogP contribution in [0.25, 0.3) is 0 Å². The Morgan fingerprint density at radius 1 is 1.11 bits per heavy atom. The van der Waals surface area contributed by atoms with Gasteiger partial charge in [-0.3, -0.25) is 4.79 Å². The number of piperidine rings is 1. The molecule has 2 aliphatic heterocycles. The lowest BCUT2D eigenvalue weighted by Crippen LogP contribution is -2.36. The van der Waals surface area contributed by atoms with Crippen LogP contribution in [0.15, 0.2) is 30.3 Å². The van der Waals surface area contributed by atoms with Crippen molar-refractivity contribution in [2.24, 2.45) is 11.8 Å². The van der Waals surface area contributed by atoms with E-state index in [1.54, 1.807) is 0 Å². The molecule has 2 saturated heterocycles. The van der Waals surface area contributed by atoms with E-state index in [4.69, 9.17) is 0 Å². The van der Waals surface area contributed by atoms with Crippen LogP contribution in [0.2, 0.25) is 0 Å². The van der Waals surface area contributed by atoms with Crippen LogP contribution < -0.4 is 10.2 Å². The highest BCUT2D eigenvalue weighted by atomic mass is 16.2. The van der Waals surface area contributed by atoms with Gasteiger partial charge in [0.25, 0.3) is 0 Å². The van der Waals surface area contributed by atoms with E-state index in [-0.39, 0.29) is 0 Å². The molecule has 2 fully saturated rings. The zero-order valence-electron chi connectivity index (χ0n) is 10.6. The van der Waals surface area contributed by atoms with Crippen LogP contribution in [0.4, 0.5) is 5.69 Å². The Bertz CT molecular complexity index is 418. The molecule has 2 heterocycles. The van der Waals surface area contributed by atoms with Crippen LogP contribution in [0.5, 0.6) is 0 Å². The van der Waals surface area contributed by atoms with E-state index in [9.17, 15) is 4.79 Å². The van der Waals surface area contributed by atoms with Gasteiger partial charge in [0.1, 0.15) is 0 Å². The summed E-state index contributed by atoms with van der Waals surface area (Å²) in [5.74, 6) is 1.57. The van der Waals surface area contributed by atoms with E-state index in [0.717, 1.165) is 44.6 Å². The van der Waals surface area contributed by atoms with Crippen molar-refractivity contribution in [3.8, 4) is 0 Å². The summed E-state index contributed by atoms with van der Waals surface area (Å²) >= 11 is 0. The van der Waals surface area contributed by atoms with Gasteiger partial charge in [0.05, 0.1) is 0 Å². The predicted octanol–water partition coefficient (Wildman–Crippen LogP) is 2.04. The number of amides is 1. The average molecular weight is 244 g/mol. The number of anilines is 1. The van der Waals surface area contributed by atoms with Gasteiger partial charge in [0.2, 0.25) is 5.91 Å². The molecule has 3 rings (SSSR count). The van der Waals surface area contributed by atoms with Crippen LogP contribution in [0.1, 0.15) is 19.3 Å². The number of nitrogens with one attached hydrogen (secondary N) is 1. The molecule has 0 aromatic heterocycles. The molecule has 1 N–H and O–H groups in total. The number of hydrogen-bond acceptors (Lipinski definition) is 2. The molecular weight excluding hydrogens is 224 g/mol. The summed E-state index contributed by atoms with van der Waals surface area (Å²) in [4.78, 5) is 14.3. The summed E-state index contributed by atoms with van der Waals surface area (Å²) in [6, 6.07) is 10.1. The molecule has 96 valence electrons. The molecule has 2 aliphatic rings. The van der Waals surface area contributed by atoms with Crippen LogP contribution in [0, 0.1) is 11.8 Å². The largest absolute Gasteiger partial charge is 0.316 e. The number of para-hydroxylation sites is 1. The summed E-state index contributed by atoms with van der Waals surface area (Å²) in [7, 11) is 0. The van der Waals surface area contributed by atoms with Gasteiger partial charge in [-0.2, -0.15) is 0 Å². The average Bonchev–Trinajstić information content (AvgIpc) is 2.58. The summed E-state index contributed by atoms with van der Waals surface area (Å²) in [5.41, 5.74) is 1.05. The lowest BCUT2D eigenvalue weighted by atomic mass is 9.83. The van der Waals surface area contributed by atoms with Gasteiger partial charge in [-0.05, 0) is 49.9 Å². The first-order valence-electron chi connectivity index (χ1n) is 6.91. The topological polar surface area (TPSA) is 32.3 Å². The summed E-state index contributed by atoms with van der Waals surface area (Å²) in [6.07, 6.45) is 3.00. The lowest BCUT2D eigenvalue weighted by molar-refractivity contribution is -0.119. The molecule has 1 amide bonds. The molecule has 2 atom stereocenters. The number of fused-ring (bicyclic) bond motifs is 1. The zero-order chi connectivity index (χ0) is 12.4. The molecule has 0 saturated carbocycles. The number of nitrogens with zero attached hydrogens (tertiary/aromatic N) is 1. The van der Waals surface area contributed by atoms with Crippen LogP contribution in [-0.2, 0) is 4.79 Å². The quantitative estimate of drug-likeness (QED) is 0.820. The van der Waals surface area contributed by atoms with Crippen molar-refractivity contribution in [3.05, 3.63) is 30.3 Å². The number of rotatable bonds is 1. The monoisotopic (exact) mass is 244 g/mol. The second-order valence-electron chi connectivity index (χ2n) is 5.39. The van der Waals surface area contributed by atoms with E-state index in [0.29, 0.717) is 17.7 Å². The Kier molecular flexibility index (Phi) is 3.33. The van der Waals surface area contributed by atoms with E-state index in [1.165, 1.54) is 0 Å². The molecule has 0 radical (unpaired) electrons. The smallest absolute Gasteiger partial charge is 0.227 e. The van der Waals surface area contributed by atoms with Gasteiger partial charge in [-0.25, -0.2) is 0 Å². The normalized spacial score (nSPS) is 28.7. The van der Waals surface area contributed by atoms with E-state index in [1.807, 2.05) is 35.2 Å². The van der Waals surface area contributed by atoms with Crippen molar-refractivity contribution in [2.45, 2.75) is 19.3 Å². The first-order valence-corrected chi connectivity index (χ1v) is 6.91. The third kappa shape index (κ3) is 2.27. The molecule has 1 aromatic rings. The van der Waals surface area contributed by atoms with Gasteiger partial charge < -0.3 is 10.2 Å². The second kappa shape index (κ2) is 5.11. The van der Waals surface area contributed by atoms with Crippen molar-refractivity contribution in [2.75, 3.05) is 24.5 Å². The summed E-state index contributed by atoms with van der Waals surface area (Å²) in [5, 5.41) is 3.45. The van der Waals surface area contributed by atoms with E-state index in [2.05, 4.69) is 5.32 Å². The molecular formula is C15H20N2O. The summed E-state index contributed by atoms with van der Waals surface area (Å²) in [6.45, 7) is 3.02. The minimum Gasteiger partial charge on any atom is -0.316 e. The highest BCUT2D eigenvalue weighted by Crippen LogP contribution is 2.31. The molecule has 1 aromatic carbocycles. The first-order chi connectivity index (χ1) is 8.84. The van der Waals surface area contributed by atoms with Gasteiger partial charge in [0, 0.05) is 18.7 Å². The molecule has 3 nitrogen and oxygen atoms in total. The number of hydrogen-bond donors (Lipinski definition) is 1. The minimum absolute atomic E-state index is 0.301. The molecule has 0 spiro atoms. The Morgan fingerprint density at radius 2 is 1.94 bits per heavy atom. The second-order valence-corrected chi connectivity index (χ2v) is 5.39. The van der Waals surface area contributed by atoms with Gasteiger partial charge in [0.15, 0.2) is 0 Å². The minimum atomic E-state index is 0.301. The number of benzene rings is 1. The Morgan fingerprint density at radius 3 is 2.78 bits per heavy atom. The SMILES string of the molecule is O=C1C[C@@H]2CCNC[C@@H]2CCN1c1ccccc1. The molecule has 3 heteroatoms. The van der Waals surface area contributed by atoms with Crippen LogP contribution in [-0.4, -0.2) is 25.5 Å². The predicted molar refractivity (Wildman–Crippen MR) is 72.5 cm³/mol. The van der Waals surface area contributed by atoms with E-state index < -0.39 is 0 Å². The zero-order valence-corrected chi connectivity index (χ0v) is 10.6. The maximum Gasteiger partial charge on any atom is 0.227 e. The Labute approximate surface area is 108 Å². The van der Waals surface area contributed by atoms with Gasteiger partial charge in [-0.15, -0.1) is 0 Å². The highest BCUT2D eigenvalue weighted by molar-refractivity contribution is 5.93. The van der Waals surface area contributed by atoms with Gasteiger partial charge in [-0.1, -0.05) is 18.2 Å². The van der Waals surface area contributed by atoms with Crippen molar-refractivity contribution >= 4 is 11.6 Å². The van der Waals surface area contributed by atoms with Crippen LogP contribution >= 0.6 is 0 Å². The number of carbonyl (C=O) groups excluding carboxylic acids is 1. The van der Waals surface area contributed by atoms with Crippen molar-refractivity contribution in [1.29, 1.82) is 0 Å². The maximum atomic E-state index is 12.4. The third-order valence-electron chi connectivity index (χ3n) is 4.29. The number of carbonyl (C=O) groups is 1. The molecule has 18 heavy (non-hydrogen) atoms. The Hall–Kier alpha value is -1.35. The fraction of sp³-hybridized carbons (Fsp3) is 0.533. The molecule has 0 aliphatic carbocycles. The van der Waals surface area contributed by atoms with Gasteiger partial charge >= 0.3 is 0 Å². The highest BCUT2D eigenvalue weighted by Gasteiger charge is 2.32. The van der Waals surface area contributed by atoms with Crippen molar-refractivity contribution < 1.29 is 4.79 Å². The standard InChI is InChI=1S/C15H20N2O/c18-15-10-12-6-8-16-11-13(12)7-9-17(15)14-4-2-1-3-5-14/h1-5,12-13,16H,6-11H2/t12-,13-/m0/s1. The maximum absolute atomic E-state index is 12.4. The van der Waals surface area contributed by atoms with E-state index >= 15 is 0 Å². The van der Waals surface area contributed by atoms with Crippen molar-refractivity contribution in [1.82, 2.24) is 5.32 Å². The third-order valence-corrected chi connectivity index (χ3v) is 4.29. The first kappa shape index (κ1) is 11.7. The lowest BCUT2D eigenvalue weighted by Gasteiger charge is -2.29.